The summed E-state index contributed by atoms with van der Waals surface area (Å²) in [5.74, 6) is -0.801. The van der Waals surface area contributed by atoms with Gasteiger partial charge in [-0.2, -0.15) is 0 Å². The highest BCUT2D eigenvalue weighted by Gasteiger charge is 2.16. The summed E-state index contributed by atoms with van der Waals surface area (Å²) in [6.07, 6.45) is 1.68. The summed E-state index contributed by atoms with van der Waals surface area (Å²) in [4.78, 5) is 13.2. The van der Waals surface area contributed by atoms with Crippen molar-refractivity contribution >= 4 is 34.7 Å². The molecule has 0 atom stereocenters. The minimum atomic E-state index is -0.386. The predicted octanol–water partition coefficient (Wildman–Crippen LogP) is 3.05. The van der Waals surface area contributed by atoms with E-state index in [4.69, 9.17) is 11.6 Å². The van der Waals surface area contributed by atoms with Crippen molar-refractivity contribution in [1.29, 1.82) is 0 Å². The zero-order valence-electron chi connectivity index (χ0n) is 9.35. The molecule has 0 spiro atoms. The summed E-state index contributed by atoms with van der Waals surface area (Å²) in [5.41, 5.74) is 1.38. The van der Waals surface area contributed by atoms with E-state index in [0.717, 1.165) is 5.56 Å². The van der Waals surface area contributed by atoms with Gasteiger partial charge in [0.25, 0.3) is 0 Å². The Kier molecular flexibility index (Phi) is 4.28. The van der Waals surface area contributed by atoms with Crippen LogP contribution in [0.1, 0.15) is 5.56 Å². The van der Waals surface area contributed by atoms with Crippen LogP contribution in [0.15, 0.2) is 35.8 Å². The first-order valence-corrected chi connectivity index (χ1v) is 6.58. The summed E-state index contributed by atoms with van der Waals surface area (Å²) >= 11 is 6.88. The van der Waals surface area contributed by atoms with E-state index in [1.807, 2.05) is 5.38 Å². The number of nitrogens with zero attached hydrogens (tertiary/aromatic N) is 2. The average molecular weight is 285 g/mol. The van der Waals surface area contributed by atoms with Gasteiger partial charge in [-0.1, -0.05) is 6.07 Å². The number of halogens is 2. The maximum Gasteiger partial charge on any atom is 0.242 e. The fraction of sp³-hybridized carbons (Fsp3) is 0.167. The molecule has 6 heteroatoms. The maximum atomic E-state index is 13.2. The van der Waals surface area contributed by atoms with Gasteiger partial charge in [-0.3, -0.25) is 4.79 Å². The molecule has 2 rings (SSSR count). The van der Waals surface area contributed by atoms with Crippen LogP contribution in [-0.4, -0.2) is 16.2 Å². The Morgan fingerprint density at radius 3 is 2.94 bits per heavy atom. The molecule has 0 bridgehead atoms. The Hall–Kier alpha value is -1.46. The highest BCUT2D eigenvalue weighted by Crippen LogP contribution is 2.19. The molecule has 0 N–H and O–H groups in total. The first-order chi connectivity index (χ1) is 8.70. The van der Waals surface area contributed by atoms with Gasteiger partial charge in [0.15, 0.2) is 0 Å². The van der Waals surface area contributed by atoms with Gasteiger partial charge < -0.3 is 4.90 Å². The molecule has 0 saturated carbocycles. The van der Waals surface area contributed by atoms with Gasteiger partial charge in [0.2, 0.25) is 5.91 Å². The molecule has 0 saturated heterocycles. The number of carbonyl (C=O) groups excluding carboxylic acids is 1. The molecule has 2 aromatic rings. The molecule has 0 radical (unpaired) electrons. The second-order valence-electron chi connectivity index (χ2n) is 3.63. The first kappa shape index (κ1) is 13.0. The number of hydrogen-bond donors (Lipinski definition) is 0. The number of benzene rings is 1. The van der Waals surface area contributed by atoms with Crippen LogP contribution >= 0.6 is 23.1 Å². The van der Waals surface area contributed by atoms with Crippen molar-refractivity contribution < 1.29 is 9.18 Å². The van der Waals surface area contributed by atoms with Crippen LogP contribution in [0.2, 0.25) is 0 Å². The van der Waals surface area contributed by atoms with Crippen molar-refractivity contribution in [3.05, 3.63) is 47.2 Å². The molecule has 0 unspecified atom stereocenters. The standard InChI is InChI=1S/C12H10ClFN2OS/c13-5-12(17)16(7-9-6-15-18-8-9)11-3-1-2-10(14)4-11/h1-4,6,8H,5,7H2. The normalized spacial score (nSPS) is 10.3. The predicted molar refractivity (Wildman–Crippen MR) is 70.4 cm³/mol. The van der Waals surface area contributed by atoms with Crippen molar-refractivity contribution in [2.75, 3.05) is 10.8 Å². The molecule has 3 nitrogen and oxygen atoms in total. The van der Waals surface area contributed by atoms with Gasteiger partial charge in [0.05, 0.1) is 6.54 Å². The molecule has 0 aliphatic rings. The van der Waals surface area contributed by atoms with Crippen molar-refractivity contribution in [3.63, 3.8) is 0 Å². The number of hydrogen-bond acceptors (Lipinski definition) is 3. The summed E-state index contributed by atoms with van der Waals surface area (Å²) in [6, 6.07) is 5.88. The molecule has 1 aromatic heterocycles. The lowest BCUT2D eigenvalue weighted by atomic mass is 10.2. The summed E-state index contributed by atoms with van der Waals surface area (Å²) in [7, 11) is 0. The van der Waals surface area contributed by atoms with E-state index >= 15 is 0 Å². The minimum Gasteiger partial charge on any atom is -0.307 e. The second-order valence-corrected chi connectivity index (χ2v) is 4.55. The molecule has 1 amide bonds. The molecule has 18 heavy (non-hydrogen) atoms. The molecular formula is C12H10ClFN2OS. The number of aromatic nitrogens is 1. The molecule has 94 valence electrons. The van der Waals surface area contributed by atoms with Crippen LogP contribution in [0.5, 0.6) is 0 Å². The zero-order valence-corrected chi connectivity index (χ0v) is 10.9. The molecule has 0 fully saturated rings. The lowest BCUT2D eigenvalue weighted by Crippen LogP contribution is -2.31. The number of carbonyl (C=O) groups is 1. The average Bonchev–Trinajstić information content (AvgIpc) is 2.88. The summed E-state index contributed by atoms with van der Waals surface area (Å²) in [6.45, 7) is 0.339. The van der Waals surface area contributed by atoms with Crippen molar-refractivity contribution in [3.8, 4) is 0 Å². The zero-order chi connectivity index (χ0) is 13.0. The number of anilines is 1. The van der Waals surface area contributed by atoms with E-state index in [0.29, 0.717) is 12.2 Å². The molecule has 1 heterocycles. The lowest BCUT2D eigenvalue weighted by Gasteiger charge is -2.21. The van der Waals surface area contributed by atoms with Crippen LogP contribution in [0.3, 0.4) is 0 Å². The van der Waals surface area contributed by atoms with E-state index < -0.39 is 0 Å². The maximum absolute atomic E-state index is 13.2. The fourth-order valence-corrected chi connectivity index (χ4v) is 2.20. The molecule has 1 aromatic carbocycles. The van der Waals surface area contributed by atoms with Crippen LogP contribution in [-0.2, 0) is 11.3 Å². The topological polar surface area (TPSA) is 33.2 Å². The number of amides is 1. The van der Waals surface area contributed by atoms with Gasteiger partial charge in [0.1, 0.15) is 11.7 Å². The minimum absolute atomic E-state index is 0.145. The highest BCUT2D eigenvalue weighted by molar-refractivity contribution is 7.03. The third-order valence-electron chi connectivity index (χ3n) is 2.36. The quantitative estimate of drug-likeness (QED) is 0.809. The smallest absolute Gasteiger partial charge is 0.242 e. The molecular weight excluding hydrogens is 275 g/mol. The van der Waals surface area contributed by atoms with Crippen molar-refractivity contribution in [2.24, 2.45) is 0 Å². The first-order valence-electron chi connectivity index (χ1n) is 5.21. The van der Waals surface area contributed by atoms with Crippen LogP contribution in [0.4, 0.5) is 10.1 Å². The highest BCUT2D eigenvalue weighted by atomic mass is 35.5. The Morgan fingerprint density at radius 1 is 1.50 bits per heavy atom. The van der Waals surface area contributed by atoms with Crippen LogP contribution in [0.25, 0.3) is 0 Å². The monoisotopic (exact) mass is 284 g/mol. The third-order valence-corrected chi connectivity index (χ3v) is 3.22. The Balaban J connectivity index is 2.28. The fourth-order valence-electron chi connectivity index (χ4n) is 1.53. The molecule has 0 aliphatic heterocycles. The van der Waals surface area contributed by atoms with Gasteiger partial charge in [0, 0.05) is 22.8 Å². The number of alkyl halides is 1. The van der Waals surface area contributed by atoms with E-state index in [2.05, 4.69) is 4.37 Å². The summed E-state index contributed by atoms with van der Waals surface area (Å²) < 4.78 is 17.2. The van der Waals surface area contributed by atoms with Gasteiger partial charge >= 0.3 is 0 Å². The van der Waals surface area contributed by atoms with E-state index in [9.17, 15) is 9.18 Å². The Morgan fingerprint density at radius 2 is 2.33 bits per heavy atom. The van der Waals surface area contributed by atoms with E-state index in [1.54, 1.807) is 18.3 Å². The van der Waals surface area contributed by atoms with Crippen molar-refractivity contribution in [1.82, 2.24) is 4.37 Å². The largest absolute Gasteiger partial charge is 0.307 e. The number of rotatable bonds is 4. The Labute approximate surface area is 113 Å². The molecule has 0 aliphatic carbocycles. The third kappa shape index (κ3) is 3.05. The van der Waals surface area contributed by atoms with E-state index in [-0.39, 0.29) is 17.6 Å². The second kappa shape index (κ2) is 5.93. The van der Waals surface area contributed by atoms with E-state index in [1.165, 1.54) is 28.6 Å². The summed E-state index contributed by atoms with van der Waals surface area (Å²) in [5, 5.41) is 1.84. The van der Waals surface area contributed by atoms with Crippen LogP contribution in [0, 0.1) is 5.82 Å². The van der Waals surface area contributed by atoms with Gasteiger partial charge in [-0.25, -0.2) is 8.76 Å². The van der Waals surface area contributed by atoms with Crippen molar-refractivity contribution in [2.45, 2.75) is 6.54 Å². The lowest BCUT2D eigenvalue weighted by molar-refractivity contribution is -0.116. The van der Waals surface area contributed by atoms with Gasteiger partial charge in [-0.15, -0.1) is 11.6 Å². The Bertz CT molecular complexity index is 533. The van der Waals surface area contributed by atoms with Gasteiger partial charge in [-0.05, 0) is 29.7 Å². The van der Waals surface area contributed by atoms with Crippen LogP contribution < -0.4 is 4.90 Å². The SMILES string of the molecule is O=C(CCl)N(Cc1cnsc1)c1cccc(F)c1.